The van der Waals surface area contributed by atoms with Gasteiger partial charge in [0.1, 0.15) is 5.75 Å². The second-order valence-electron chi connectivity index (χ2n) is 4.45. The van der Waals surface area contributed by atoms with Crippen molar-refractivity contribution in [3.05, 3.63) is 29.3 Å². The smallest absolute Gasteiger partial charge is 0.374 e. The number of ether oxygens (including phenoxy) is 1. The number of phenolic OH excluding ortho intramolecular Hbond substituents is 1. The van der Waals surface area contributed by atoms with Crippen LogP contribution >= 0.6 is 0 Å². The molecule has 0 aliphatic heterocycles. The van der Waals surface area contributed by atoms with E-state index in [0.717, 1.165) is 13.2 Å². The molecule has 7 nitrogen and oxygen atoms in total. The van der Waals surface area contributed by atoms with Gasteiger partial charge in [-0.15, -0.1) is 0 Å². The average molecular weight is 293 g/mol. The van der Waals surface area contributed by atoms with Crippen LogP contribution in [0.2, 0.25) is 0 Å². The van der Waals surface area contributed by atoms with E-state index in [9.17, 15) is 24.3 Å². The van der Waals surface area contributed by atoms with E-state index in [4.69, 9.17) is 0 Å². The highest BCUT2D eigenvalue weighted by atomic mass is 16.5. The van der Waals surface area contributed by atoms with Gasteiger partial charge >= 0.3 is 5.97 Å². The van der Waals surface area contributed by atoms with Crippen molar-refractivity contribution in [3.8, 4) is 5.75 Å². The molecule has 0 aliphatic carbocycles. The van der Waals surface area contributed by atoms with Crippen LogP contribution in [0.4, 0.5) is 0 Å². The van der Waals surface area contributed by atoms with Crippen molar-refractivity contribution in [3.63, 3.8) is 0 Å². The lowest BCUT2D eigenvalue weighted by Gasteiger charge is -2.12. The third kappa shape index (κ3) is 3.88. The third-order valence-electron chi connectivity index (χ3n) is 2.69. The fourth-order valence-corrected chi connectivity index (χ4v) is 1.56. The highest BCUT2D eigenvalue weighted by Gasteiger charge is 2.21. The molecule has 112 valence electrons. The lowest BCUT2D eigenvalue weighted by atomic mass is 10.0. The second-order valence-corrected chi connectivity index (χ2v) is 4.45. The Balaban J connectivity index is 2.94. The number of aromatic hydroxyl groups is 1. The molecule has 7 heteroatoms. The number of carbonyl (C=O) groups is 4. The first-order valence-electron chi connectivity index (χ1n) is 5.97. The van der Waals surface area contributed by atoms with Gasteiger partial charge in [0.15, 0.2) is 5.78 Å². The van der Waals surface area contributed by atoms with Gasteiger partial charge < -0.3 is 14.7 Å². The van der Waals surface area contributed by atoms with Gasteiger partial charge in [-0.05, 0) is 12.1 Å². The zero-order chi connectivity index (χ0) is 16.2. The predicted molar refractivity (Wildman–Crippen MR) is 72.1 cm³/mol. The number of benzene rings is 1. The normalized spacial score (nSPS) is 9.86. The maximum atomic E-state index is 11.8. The minimum atomic E-state index is -1.10. The number of nitrogens with zero attached hydrogens (tertiary/aromatic N) is 1. The maximum Gasteiger partial charge on any atom is 0.374 e. The fourth-order valence-electron chi connectivity index (χ4n) is 1.56. The molecule has 0 unspecified atom stereocenters. The molecule has 0 aliphatic rings. The Kier molecular flexibility index (Phi) is 5.18. The summed E-state index contributed by atoms with van der Waals surface area (Å²) in [6.07, 6.45) is -0.660. The van der Waals surface area contributed by atoms with Crippen molar-refractivity contribution in [1.82, 2.24) is 4.90 Å². The van der Waals surface area contributed by atoms with Crippen molar-refractivity contribution in [2.45, 2.75) is 6.42 Å². The van der Waals surface area contributed by atoms with Crippen molar-refractivity contribution >= 4 is 23.4 Å². The topological polar surface area (TPSA) is 101 Å². The molecule has 0 fully saturated rings. The Hall–Kier alpha value is -2.70. The first-order chi connectivity index (χ1) is 9.77. The monoisotopic (exact) mass is 293 g/mol. The minimum absolute atomic E-state index is 0.0278. The van der Waals surface area contributed by atoms with Crippen LogP contribution in [0.15, 0.2) is 18.2 Å². The number of hydrogen-bond acceptors (Lipinski definition) is 6. The number of amides is 1. The summed E-state index contributed by atoms with van der Waals surface area (Å²) >= 11 is 0. The molecule has 0 saturated carbocycles. The SMILES string of the molecule is COC(=O)C(=O)CC(=O)c1ccc(C(=O)N(C)C)c(O)c1. The molecule has 0 aromatic heterocycles. The Bertz CT molecular complexity index is 605. The van der Waals surface area contributed by atoms with E-state index in [1.807, 2.05) is 0 Å². The Morgan fingerprint density at radius 2 is 1.81 bits per heavy atom. The van der Waals surface area contributed by atoms with Crippen molar-refractivity contribution in [1.29, 1.82) is 0 Å². The van der Waals surface area contributed by atoms with Crippen LogP contribution in [0.25, 0.3) is 0 Å². The van der Waals surface area contributed by atoms with E-state index in [2.05, 4.69) is 4.74 Å². The number of rotatable bonds is 5. The van der Waals surface area contributed by atoms with E-state index in [1.165, 1.54) is 31.1 Å². The van der Waals surface area contributed by atoms with Gasteiger partial charge in [-0.3, -0.25) is 14.4 Å². The predicted octanol–water partition coefficient (Wildman–Crippen LogP) is 0.409. The lowest BCUT2D eigenvalue weighted by Crippen LogP contribution is -2.22. The van der Waals surface area contributed by atoms with E-state index >= 15 is 0 Å². The number of esters is 1. The van der Waals surface area contributed by atoms with Gasteiger partial charge in [-0.25, -0.2) is 4.79 Å². The Labute approximate surface area is 121 Å². The molecule has 0 spiro atoms. The quantitative estimate of drug-likeness (QED) is 0.365. The minimum Gasteiger partial charge on any atom is -0.507 e. The molecular formula is C14H15NO6. The summed E-state index contributed by atoms with van der Waals surface area (Å²) in [7, 11) is 4.09. The average Bonchev–Trinajstić information content (AvgIpc) is 2.45. The summed E-state index contributed by atoms with van der Waals surface area (Å²) in [6, 6.07) is 3.68. The van der Waals surface area contributed by atoms with Crippen LogP contribution < -0.4 is 0 Å². The second kappa shape index (κ2) is 6.65. The largest absolute Gasteiger partial charge is 0.507 e. The maximum absolute atomic E-state index is 11.8. The Morgan fingerprint density at radius 1 is 1.19 bits per heavy atom. The number of carbonyl (C=O) groups excluding carboxylic acids is 4. The standard InChI is InChI=1S/C14H15NO6/c1-15(2)13(19)9-5-4-8(6-11(9)17)10(16)7-12(18)14(20)21-3/h4-6,17H,7H2,1-3H3. The lowest BCUT2D eigenvalue weighted by molar-refractivity contribution is -0.151. The summed E-state index contributed by atoms with van der Waals surface area (Å²) < 4.78 is 4.21. The molecule has 1 aromatic rings. The number of hydrogen-bond donors (Lipinski definition) is 1. The van der Waals surface area contributed by atoms with Crippen LogP contribution in [-0.4, -0.2) is 54.7 Å². The first-order valence-corrected chi connectivity index (χ1v) is 5.97. The zero-order valence-electron chi connectivity index (χ0n) is 11.9. The Morgan fingerprint density at radius 3 is 2.29 bits per heavy atom. The summed E-state index contributed by atoms with van der Waals surface area (Å²) in [6.45, 7) is 0. The first kappa shape index (κ1) is 16.4. The summed E-state index contributed by atoms with van der Waals surface area (Å²) in [4.78, 5) is 47.0. The van der Waals surface area contributed by atoms with E-state index in [1.54, 1.807) is 0 Å². The van der Waals surface area contributed by atoms with Gasteiger partial charge in [0.05, 0.1) is 19.1 Å². The van der Waals surface area contributed by atoms with Gasteiger partial charge in [0, 0.05) is 19.7 Å². The van der Waals surface area contributed by atoms with Gasteiger partial charge in [-0.2, -0.15) is 0 Å². The molecule has 1 rings (SSSR count). The van der Waals surface area contributed by atoms with Gasteiger partial charge in [0.25, 0.3) is 5.91 Å². The van der Waals surface area contributed by atoms with Gasteiger partial charge in [-0.1, -0.05) is 6.07 Å². The molecule has 0 atom stereocenters. The van der Waals surface area contributed by atoms with E-state index in [0.29, 0.717) is 0 Å². The number of ketones is 2. The number of methoxy groups -OCH3 is 1. The van der Waals surface area contributed by atoms with Crippen LogP contribution in [0.1, 0.15) is 27.1 Å². The van der Waals surface area contributed by atoms with Crippen LogP contribution in [-0.2, 0) is 14.3 Å². The molecule has 0 bridgehead atoms. The molecule has 21 heavy (non-hydrogen) atoms. The van der Waals surface area contributed by atoms with Gasteiger partial charge in [0.2, 0.25) is 5.78 Å². The number of phenols is 1. The highest BCUT2D eigenvalue weighted by molar-refractivity contribution is 6.38. The zero-order valence-corrected chi connectivity index (χ0v) is 11.9. The fraction of sp³-hybridized carbons (Fsp3) is 0.286. The van der Waals surface area contributed by atoms with Crippen LogP contribution in [0.5, 0.6) is 5.75 Å². The molecule has 0 heterocycles. The molecule has 1 N–H and O–H groups in total. The number of Topliss-reactive ketones (excluding diaryl/α,β-unsaturated/α-hetero) is 2. The molecule has 1 aromatic carbocycles. The van der Waals surface area contributed by atoms with Crippen LogP contribution in [0, 0.1) is 0 Å². The molecular weight excluding hydrogens is 278 g/mol. The highest BCUT2D eigenvalue weighted by Crippen LogP contribution is 2.21. The van der Waals surface area contributed by atoms with Crippen molar-refractivity contribution in [2.24, 2.45) is 0 Å². The van der Waals surface area contributed by atoms with Crippen LogP contribution in [0.3, 0.4) is 0 Å². The summed E-state index contributed by atoms with van der Waals surface area (Å²) in [5.74, 6) is -3.52. The summed E-state index contributed by atoms with van der Waals surface area (Å²) in [5, 5.41) is 9.77. The molecule has 1 amide bonds. The van der Waals surface area contributed by atoms with E-state index in [-0.39, 0.29) is 16.9 Å². The summed E-state index contributed by atoms with van der Waals surface area (Å²) in [5.41, 5.74) is 0.0657. The van der Waals surface area contributed by atoms with E-state index < -0.39 is 29.9 Å². The van der Waals surface area contributed by atoms with Crippen molar-refractivity contribution in [2.75, 3.05) is 21.2 Å². The third-order valence-corrected chi connectivity index (χ3v) is 2.69. The molecule has 0 saturated heterocycles. The van der Waals surface area contributed by atoms with Crippen molar-refractivity contribution < 1.29 is 29.0 Å². The molecule has 0 radical (unpaired) electrons.